The van der Waals surface area contributed by atoms with Gasteiger partial charge < -0.3 is 0 Å². The number of nitrogens with one attached hydrogen (secondary N) is 2. The monoisotopic (exact) mass is 165 g/mol. The summed E-state index contributed by atoms with van der Waals surface area (Å²) >= 11 is 0. The van der Waals surface area contributed by atoms with E-state index in [9.17, 15) is 8.42 Å². The fourth-order valence-corrected chi connectivity index (χ4v) is 0.591. The predicted molar refractivity (Wildman–Crippen MR) is 39.9 cm³/mol. The van der Waals surface area contributed by atoms with Gasteiger partial charge in [0.2, 0.25) is 0 Å². The highest BCUT2D eigenvalue weighted by Crippen LogP contribution is 1.75. The average molecular weight is 165 g/mol. The second-order valence-corrected chi connectivity index (χ2v) is 3.46. The van der Waals surface area contributed by atoms with Crippen molar-refractivity contribution in [1.29, 1.82) is 0 Å². The van der Waals surface area contributed by atoms with E-state index in [0.717, 1.165) is 0 Å². The predicted octanol–water partition coefficient (Wildman–Crippen LogP) is -0.564. The number of hydrazone groups is 1. The molecule has 0 saturated carbocycles. The van der Waals surface area contributed by atoms with Crippen molar-refractivity contribution < 1.29 is 8.42 Å². The third-order valence-electron chi connectivity index (χ3n) is 0.658. The van der Waals surface area contributed by atoms with E-state index in [1.54, 1.807) is 13.8 Å². The highest BCUT2D eigenvalue weighted by molar-refractivity contribution is 7.87. The maximum Gasteiger partial charge on any atom is 0.313 e. The Labute approximate surface area is 60.7 Å². The van der Waals surface area contributed by atoms with Gasteiger partial charge in [-0.05, 0) is 13.8 Å². The van der Waals surface area contributed by atoms with Gasteiger partial charge in [0, 0.05) is 12.8 Å². The van der Waals surface area contributed by atoms with Crippen molar-refractivity contribution in [3.8, 4) is 0 Å². The normalized spacial score (nSPS) is 10.7. The van der Waals surface area contributed by atoms with E-state index in [-0.39, 0.29) is 0 Å². The summed E-state index contributed by atoms with van der Waals surface area (Å²) in [6.45, 7) is 3.39. The Hall–Kier alpha value is -0.620. The van der Waals surface area contributed by atoms with Gasteiger partial charge in [-0.3, -0.25) is 0 Å². The van der Waals surface area contributed by atoms with Gasteiger partial charge in [0.05, 0.1) is 0 Å². The number of nitrogens with zero attached hydrogens (tertiary/aromatic N) is 1. The smallest absolute Gasteiger partial charge is 0.200 e. The van der Waals surface area contributed by atoms with Crippen molar-refractivity contribution in [3.63, 3.8) is 0 Å². The molecule has 6 heteroatoms. The summed E-state index contributed by atoms with van der Waals surface area (Å²) in [6.07, 6.45) is 0. The average Bonchev–Trinajstić information content (AvgIpc) is 1.85. The van der Waals surface area contributed by atoms with Crippen LogP contribution in [0.5, 0.6) is 0 Å². The highest BCUT2D eigenvalue weighted by Gasteiger charge is 2.00. The largest absolute Gasteiger partial charge is 0.313 e. The zero-order valence-corrected chi connectivity index (χ0v) is 6.99. The maximum atomic E-state index is 10.6. The minimum atomic E-state index is -3.40. The van der Waals surface area contributed by atoms with E-state index in [1.165, 1.54) is 7.05 Å². The maximum absolute atomic E-state index is 10.6. The van der Waals surface area contributed by atoms with Gasteiger partial charge in [-0.1, -0.05) is 0 Å². The molecule has 0 atom stereocenters. The lowest BCUT2D eigenvalue weighted by atomic mass is 10.5. The first-order valence-electron chi connectivity index (χ1n) is 2.69. The van der Waals surface area contributed by atoms with Gasteiger partial charge in [-0.25, -0.2) is 0 Å². The molecule has 0 fully saturated rings. The Morgan fingerprint density at radius 2 is 1.90 bits per heavy atom. The van der Waals surface area contributed by atoms with E-state index in [2.05, 4.69) is 9.82 Å². The third-order valence-corrected chi connectivity index (χ3v) is 1.53. The first kappa shape index (κ1) is 9.38. The zero-order valence-electron chi connectivity index (χ0n) is 6.17. The van der Waals surface area contributed by atoms with Crippen LogP contribution in [-0.2, 0) is 10.2 Å². The Bertz CT molecular complexity index is 215. The lowest BCUT2D eigenvalue weighted by Gasteiger charge is -1.99. The molecule has 0 spiro atoms. The van der Waals surface area contributed by atoms with E-state index >= 15 is 0 Å². The van der Waals surface area contributed by atoms with Gasteiger partial charge in [-0.15, -0.1) is 0 Å². The molecule has 0 heterocycles. The van der Waals surface area contributed by atoms with Crippen LogP contribution in [0.3, 0.4) is 0 Å². The molecule has 0 aliphatic heterocycles. The molecule has 0 rings (SSSR count). The summed E-state index contributed by atoms with van der Waals surface area (Å²) in [5.74, 6) is 0. The lowest BCUT2D eigenvalue weighted by Crippen LogP contribution is -2.30. The molecular formula is C4H11N3O2S. The van der Waals surface area contributed by atoms with Crippen LogP contribution in [0.2, 0.25) is 0 Å². The van der Waals surface area contributed by atoms with Crippen LogP contribution in [0.4, 0.5) is 0 Å². The molecule has 0 amide bonds. The van der Waals surface area contributed by atoms with Gasteiger partial charge in [0.25, 0.3) is 0 Å². The SMILES string of the molecule is CNS(=O)(=O)NN=C(C)C. The van der Waals surface area contributed by atoms with Crippen LogP contribution >= 0.6 is 0 Å². The van der Waals surface area contributed by atoms with Crippen molar-refractivity contribution in [2.24, 2.45) is 5.10 Å². The second kappa shape index (κ2) is 3.52. The van der Waals surface area contributed by atoms with Crippen LogP contribution in [0.15, 0.2) is 5.10 Å². The first-order chi connectivity index (χ1) is 4.48. The quantitative estimate of drug-likeness (QED) is 0.434. The van der Waals surface area contributed by atoms with Crippen LogP contribution < -0.4 is 9.55 Å². The summed E-state index contributed by atoms with van der Waals surface area (Å²) in [4.78, 5) is 1.96. The Morgan fingerprint density at radius 1 is 1.40 bits per heavy atom. The summed E-state index contributed by atoms with van der Waals surface area (Å²) in [7, 11) is -2.09. The third kappa shape index (κ3) is 4.28. The summed E-state index contributed by atoms with van der Waals surface area (Å²) in [5.41, 5.74) is 0.652. The zero-order chi connectivity index (χ0) is 8.20. The van der Waals surface area contributed by atoms with Crippen LogP contribution in [-0.4, -0.2) is 21.2 Å². The molecule has 10 heavy (non-hydrogen) atoms. The minimum Gasteiger partial charge on any atom is -0.200 e. The highest BCUT2D eigenvalue weighted by atomic mass is 32.2. The van der Waals surface area contributed by atoms with Gasteiger partial charge >= 0.3 is 10.2 Å². The molecule has 0 aliphatic rings. The van der Waals surface area contributed by atoms with Crippen molar-refractivity contribution in [1.82, 2.24) is 9.55 Å². The van der Waals surface area contributed by atoms with E-state index in [0.29, 0.717) is 5.71 Å². The number of hydrogen-bond acceptors (Lipinski definition) is 3. The second-order valence-electron chi connectivity index (χ2n) is 1.86. The lowest BCUT2D eigenvalue weighted by molar-refractivity contribution is 0.576. The molecule has 0 bridgehead atoms. The van der Waals surface area contributed by atoms with Crippen LogP contribution in [0.25, 0.3) is 0 Å². The van der Waals surface area contributed by atoms with E-state index in [1.807, 2.05) is 4.83 Å². The van der Waals surface area contributed by atoms with Gasteiger partial charge in [0.1, 0.15) is 0 Å². The topological polar surface area (TPSA) is 70.6 Å². The molecule has 0 aromatic heterocycles. The van der Waals surface area contributed by atoms with Crippen molar-refractivity contribution >= 4 is 15.9 Å². The fraction of sp³-hybridized carbons (Fsp3) is 0.750. The molecular weight excluding hydrogens is 154 g/mol. The van der Waals surface area contributed by atoms with Gasteiger partial charge in [-0.2, -0.15) is 23.1 Å². The van der Waals surface area contributed by atoms with Crippen LogP contribution in [0, 0.1) is 0 Å². The molecule has 0 saturated heterocycles. The Kier molecular flexibility index (Phi) is 3.31. The molecule has 0 unspecified atom stereocenters. The van der Waals surface area contributed by atoms with Crippen LogP contribution in [0.1, 0.15) is 13.8 Å². The van der Waals surface area contributed by atoms with Crippen molar-refractivity contribution in [2.45, 2.75) is 13.8 Å². The summed E-state index contributed by atoms with van der Waals surface area (Å²) < 4.78 is 23.2. The summed E-state index contributed by atoms with van der Waals surface area (Å²) in [6, 6.07) is 0. The number of hydrogen-bond donors (Lipinski definition) is 2. The number of rotatable bonds is 3. The molecule has 60 valence electrons. The molecule has 2 N–H and O–H groups in total. The first-order valence-corrected chi connectivity index (χ1v) is 4.17. The fourth-order valence-electron chi connectivity index (χ4n) is 0.197. The Balaban J connectivity index is 4.06. The van der Waals surface area contributed by atoms with Crippen molar-refractivity contribution in [2.75, 3.05) is 7.05 Å². The molecule has 0 aliphatic carbocycles. The van der Waals surface area contributed by atoms with E-state index < -0.39 is 10.2 Å². The van der Waals surface area contributed by atoms with Gasteiger partial charge in [0.15, 0.2) is 0 Å². The van der Waals surface area contributed by atoms with Crippen molar-refractivity contribution in [3.05, 3.63) is 0 Å². The Morgan fingerprint density at radius 3 is 2.20 bits per heavy atom. The minimum absolute atomic E-state index is 0.652. The molecule has 0 aromatic carbocycles. The van der Waals surface area contributed by atoms with E-state index in [4.69, 9.17) is 0 Å². The summed E-state index contributed by atoms with van der Waals surface area (Å²) in [5, 5.41) is 3.48. The molecule has 0 aromatic rings. The standard InChI is InChI=1S/C4H11N3O2S/c1-4(2)6-7-10(8,9)5-3/h5,7H,1-3H3. The molecule has 5 nitrogen and oxygen atoms in total. The molecule has 0 radical (unpaired) electrons.